The first-order valence-electron chi connectivity index (χ1n) is 7.29. The summed E-state index contributed by atoms with van der Waals surface area (Å²) in [6.45, 7) is 2.97. The average molecular weight is 339 g/mol. The zero-order valence-corrected chi connectivity index (χ0v) is 14.0. The Morgan fingerprint density at radius 1 is 1.36 bits per heavy atom. The van der Waals surface area contributed by atoms with Crippen molar-refractivity contribution in [2.45, 2.75) is 32.7 Å². The van der Waals surface area contributed by atoms with Crippen LogP contribution in [-0.4, -0.2) is 27.2 Å². The van der Waals surface area contributed by atoms with Gasteiger partial charge in [-0.3, -0.25) is 14.5 Å². The highest BCUT2D eigenvalue weighted by Crippen LogP contribution is 2.19. The molecule has 0 saturated carbocycles. The van der Waals surface area contributed by atoms with Crippen molar-refractivity contribution in [2.24, 2.45) is 0 Å². The number of unbranched alkanes of at least 4 members (excludes halogenated alkanes) is 2. The molecule has 0 saturated heterocycles. The second-order valence-corrected chi connectivity index (χ2v) is 5.83. The molecule has 1 heterocycles. The summed E-state index contributed by atoms with van der Waals surface area (Å²) >= 11 is 11.1. The first kappa shape index (κ1) is 16.7. The van der Waals surface area contributed by atoms with Gasteiger partial charge in [-0.2, -0.15) is 5.10 Å². The van der Waals surface area contributed by atoms with Gasteiger partial charge in [0.15, 0.2) is 10.6 Å². The third kappa shape index (κ3) is 4.42. The molecule has 0 spiro atoms. The molecule has 0 radical (unpaired) electrons. The zero-order valence-electron chi connectivity index (χ0n) is 12.4. The predicted molar refractivity (Wildman–Crippen MR) is 90.4 cm³/mol. The Hall–Kier alpha value is -1.66. The van der Waals surface area contributed by atoms with E-state index in [0.29, 0.717) is 22.2 Å². The summed E-state index contributed by atoms with van der Waals surface area (Å²) < 4.78 is 2.11. The van der Waals surface area contributed by atoms with Gasteiger partial charge in [0.2, 0.25) is 5.91 Å². The fourth-order valence-electron chi connectivity index (χ4n) is 2.09. The van der Waals surface area contributed by atoms with E-state index in [4.69, 9.17) is 23.8 Å². The Morgan fingerprint density at radius 2 is 2.09 bits per heavy atom. The van der Waals surface area contributed by atoms with Gasteiger partial charge in [0.25, 0.3) is 0 Å². The molecule has 118 valence electrons. The number of benzene rings is 1. The summed E-state index contributed by atoms with van der Waals surface area (Å²) in [7, 11) is 0. The largest absolute Gasteiger partial charge is 0.355 e. The van der Waals surface area contributed by atoms with Crippen LogP contribution in [0, 0.1) is 4.77 Å². The summed E-state index contributed by atoms with van der Waals surface area (Å²) in [5.74, 6) is 0.564. The Balaban J connectivity index is 2.08. The molecule has 22 heavy (non-hydrogen) atoms. The van der Waals surface area contributed by atoms with Gasteiger partial charge < -0.3 is 5.32 Å². The van der Waals surface area contributed by atoms with Gasteiger partial charge in [-0.15, -0.1) is 0 Å². The average Bonchev–Trinajstić information content (AvgIpc) is 2.86. The van der Waals surface area contributed by atoms with Crippen LogP contribution >= 0.6 is 23.8 Å². The number of nitrogens with one attached hydrogen (secondary N) is 2. The monoisotopic (exact) mass is 338 g/mol. The van der Waals surface area contributed by atoms with Crippen LogP contribution < -0.4 is 5.32 Å². The number of halogens is 1. The van der Waals surface area contributed by atoms with E-state index >= 15 is 0 Å². The number of aromatic amines is 1. The van der Waals surface area contributed by atoms with Gasteiger partial charge in [0.05, 0.1) is 0 Å². The highest BCUT2D eigenvalue weighted by atomic mass is 35.5. The maximum absolute atomic E-state index is 12.0. The number of rotatable bonds is 7. The number of hydrogen-bond donors (Lipinski definition) is 2. The van der Waals surface area contributed by atoms with Crippen LogP contribution in [-0.2, 0) is 11.3 Å². The molecule has 1 aromatic carbocycles. The van der Waals surface area contributed by atoms with Crippen LogP contribution in [0.15, 0.2) is 24.3 Å². The number of carbonyl (C=O) groups is 1. The van der Waals surface area contributed by atoms with Gasteiger partial charge >= 0.3 is 0 Å². The molecule has 0 atom stereocenters. The molecule has 0 unspecified atom stereocenters. The molecule has 0 fully saturated rings. The molecular formula is C15H19ClN4OS. The molecule has 0 bridgehead atoms. The van der Waals surface area contributed by atoms with Crippen molar-refractivity contribution in [1.29, 1.82) is 0 Å². The van der Waals surface area contributed by atoms with Gasteiger partial charge in [0.1, 0.15) is 6.54 Å². The Labute approximate surface area is 139 Å². The van der Waals surface area contributed by atoms with Crippen molar-refractivity contribution in [3.05, 3.63) is 34.1 Å². The maximum atomic E-state index is 12.0. The first-order chi connectivity index (χ1) is 10.6. The number of nitrogens with zero attached hydrogens (tertiary/aromatic N) is 2. The molecule has 2 N–H and O–H groups in total. The lowest BCUT2D eigenvalue weighted by Crippen LogP contribution is -2.28. The van der Waals surface area contributed by atoms with E-state index in [1.807, 2.05) is 12.1 Å². The van der Waals surface area contributed by atoms with E-state index in [9.17, 15) is 4.79 Å². The third-order valence-electron chi connectivity index (χ3n) is 3.26. The number of hydrogen-bond acceptors (Lipinski definition) is 3. The highest BCUT2D eigenvalue weighted by Gasteiger charge is 2.12. The predicted octanol–water partition coefficient (Wildman–Crippen LogP) is 3.57. The van der Waals surface area contributed by atoms with Crippen LogP contribution in [0.1, 0.15) is 26.2 Å². The van der Waals surface area contributed by atoms with Crippen molar-refractivity contribution >= 4 is 29.7 Å². The van der Waals surface area contributed by atoms with E-state index in [0.717, 1.165) is 24.8 Å². The van der Waals surface area contributed by atoms with Crippen LogP contribution in [0.3, 0.4) is 0 Å². The number of aromatic nitrogens is 3. The molecule has 2 aromatic rings. The molecule has 0 aliphatic carbocycles. The Morgan fingerprint density at radius 3 is 2.77 bits per heavy atom. The molecule has 1 amide bonds. The number of amides is 1. The maximum Gasteiger partial charge on any atom is 0.240 e. The zero-order chi connectivity index (χ0) is 15.9. The van der Waals surface area contributed by atoms with E-state index in [-0.39, 0.29) is 12.5 Å². The molecular weight excluding hydrogens is 320 g/mol. The minimum absolute atomic E-state index is 0.0659. The minimum atomic E-state index is -0.0659. The second-order valence-electron chi connectivity index (χ2n) is 5.00. The lowest BCUT2D eigenvalue weighted by molar-refractivity contribution is -0.121. The Bertz CT molecular complexity index is 678. The van der Waals surface area contributed by atoms with E-state index in [1.54, 1.807) is 16.7 Å². The van der Waals surface area contributed by atoms with Crippen molar-refractivity contribution < 1.29 is 4.79 Å². The lowest BCUT2D eigenvalue weighted by Gasteiger charge is -2.08. The smallest absolute Gasteiger partial charge is 0.240 e. The molecule has 1 aromatic heterocycles. The summed E-state index contributed by atoms with van der Waals surface area (Å²) in [5.41, 5.74) is 0.857. The fraction of sp³-hybridized carbons (Fsp3) is 0.400. The summed E-state index contributed by atoms with van der Waals surface area (Å²) in [5, 5.41) is 10.5. The first-order valence-corrected chi connectivity index (χ1v) is 8.08. The highest BCUT2D eigenvalue weighted by molar-refractivity contribution is 7.71. The van der Waals surface area contributed by atoms with Crippen LogP contribution in [0.4, 0.5) is 0 Å². The SMILES string of the molecule is CCCCCNC(=O)Cn1c(-c2ccc(Cl)cc2)n[nH]c1=S. The van der Waals surface area contributed by atoms with Gasteiger partial charge in [-0.25, -0.2) is 0 Å². The van der Waals surface area contributed by atoms with E-state index in [2.05, 4.69) is 22.4 Å². The van der Waals surface area contributed by atoms with Crippen molar-refractivity contribution in [2.75, 3.05) is 6.54 Å². The summed E-state index contributed by atoms with van der Waals surface area (Å²) in [6, 6.07) is 7.26. The molecule has 7 heteroatoms. The van der Waals surface area contributed by atoms with Crippen molar-refractivity contribution in [1.82, 2.24) is 20.1 Å². The van der Waals surface area contributed by atoms with E-state index in [1.165, 1.54) is 0 Å². The number of carbonyl (C=O) groups excluding carboxylic acids is 1. The van der Waals surface area contributed by atoms with Gasteiger partial charge in [-0.05, 0) is 42.9 Å². The van der Waals surface area contributed by atoms with E-state index < -0.39 is 0 Å². The van der Waals surface area contributed by atoms with Crippen LogP contribution in [0.25, 0.3) is 11.4 Å². The normalized spacial score (nSPS) is 10.6. The molecule has 0 aliphatic rings. The van der Waals surface area contributed by atoms with Crippen molar-refractivity contribution in [3.63, 3.8) is 0 Å². The molecule has 5 nitrogen and oxygen atoms in total. The van der Waals surface area contributed by atoms with Gasteiger partial charge in [0, 0.05) is 17.1 Å². The summed E-state index contributed by atoms with van der Waals surface area (Å²) in [6.07, 6.45) is 3.23. The number of H-pyrrole nitrogens is 1. The topological polar surface area (TPSA) is 62.7 Å². The second kappa shape index (κ2) is 8.10. The fourth-order valence-corrected chi connectivity index (χ4v) is 2.41. The third-order valence-corrected chi connectivity index (χ3v) is 3.83. The van der Waals surface area contributed by atoms with Gasteiger partial charge in [-0.1, -0.05) is 31.4 Å². The van der Waals surface area contributed by atoms with Crippen LogP contribution in [0.5, 0.6) is 0 Å². The Kier molecular flexibility index (Phi) is 6.15. The molecule has 0 aliphatic heterocycles. The standard InChI is InChI=1S/C15H19ClN4OS/c1-2-3-4-9-17-13(21)10-20-14(18-19-15(20)22)11-5-7-12(16)8-6-11/h5-8H,2-4,9-10H2,1H3,(H,17,21)(H,19,22). The minimum Gasteiger partial charge on any atom is -0.355 e. The lowest BCUT2D eigenvalue weighted by atomic mass is 10.2. The quantitative estimate of drug-likeness (QED) is 0.599. The van der Waals surface area contributed by atoms with Crippen molar-refractivity contribution in [3.8, 4) is 11.4 Å². The summed E-state index contributed by atoms with van der Waals surface area (Å²) in [4.78, 5) is 12.0. The molecule has 2 rings (SSSR count). The van der Waals surface area contributed by atoms with Crippen LogP contribution in [0.2, 0.25) is 5.02 Å².